The van der Waals surface area contributed by atoms with Crippen molar-refractivity contribution >= 4 is 23.7 Å². The molecule has 0 amide bonds. The first-order chi connectivity index (χ1) is 17.7. The van der Waals surface area contributed by atoms with Crippen LogP contribution < -0.4 is 0 Å². The van der Waals surface area contributed by atoms with Crippen molar-refractivity contribution in [1.29, 1.82) is 0 Å². The standard InChI is InChI=1S/C34H30O2/c35-31(23-21-27-13-5-1-6-14-27)25-33(29-17-9-3-10-18-29)34(30-19-11-4-12-20-30)26-32(36)24-22-28-15-7-2-8-16-28/h1-24,33-34H,25-26H2. The van der Waals surface area contributed by atoms with Crippen molar-refractivity contribution in [2.75, 3.05) is 0 Å². The van der Waals surface area contributed by atoms with Gasteiger partial charge < -0.3 is 0 Å². The molecule has 0 spiro atoms. The molecular weight excluding hydrogens is 440 g/mol. The average Bonchev–Trinajstić information content (AvgIpc) is 2.95. The van der Waals surface area contributed by atoms with Gasteiger partial charge in [0.05, 0.1) is 0 Å². The lowest BCUT2D eigenvalue weighted by Gasteiger charge is -2.27. The highest BCUT2D eigenvalue weighted by molar-refractivity contribution is 5.95. The summed E-state index contributed by atoms with van der Waals surface area (Å²) in [4.78, 5) is 26.3. The third kappa shape index (κ3) is 7.35. The van der Waals surface area contributed by atoms with Crippen molar-refractivity contribution in [2.45, 2.75) is 24.7 Å². The Labute approximate surface area is 213 Å². The fraction of sp³-hybridized carbons (Fsp3) is 0.118. The van der Waals surface area contributed by atoms with Crippen molar-refractivity contribution in [2.24, 2.45) is 0 Å². The van der Waals surface area contributed by atoms with Crippen LogP contribution >= 0.6 is 0 Å². The molecule has 0 saturated heterocycles. The maximum absolute atomic E-state index is 13.1. The highest BCUT2D eigenvalue weighted by atomic mass is 16.1. The Hall–Kier alpha value is -4.30. The first kappa shape index (κ1) is 24.8. The summed E-state index contributed by atoms with van der Waals surface area (Å²) in [6.07, 6.45) is 7.67. The van der Waals surface area contributed by atoms with Crippen LogP contribution in [0.15, 0.2) is 133 Å². The first-order valence-corrected chi connectivity index (χ1v) is 12.3. The molecule has 178 valence electrons. The van der Waals surface area contributed by atoms with Crippen LogP contribution in [0.1, 0.15) is 46.9 Å². The Morgan fingerprint density at radius 2 is 0.778 bits per heavy atom. The number of hydrogen-bond donors (Lipinski definition) is 0. The highest BCUT2D eigenvalue weighted by Gasteiger charge is 2.28. The Balaban J connectivity index is 1.61. The lowest BCUT2D eigenvalue weighted by molar-refractivity contribution is -0.117. The maximum atomic E-state index is 13.1. The van der Waals surface area contributed by atoms with E-state index in [-0.39, 0.29) is 23.4 Å². The predicted octanol–water partition coefficient (Wildman–Crippen LogP) is 7.90. The van der Waals surface area contributed by atoms with Crippen molar-refractivity contribution in [1.82, 2.24) is 0 Å². The Morgan fingerprint density at radius 1 is 0.472 bits per heavy atom. The monoisotopic (exact) mass is 470 g/mol. The van der Waals surface area contributed by atoms with E-state index in [1.54, 1.807) is 12.2 Å². The number of ketones is 2. The van der Waals surface area contributed by atoms with Gasteiger partial charge in [-0.2, -0.15) is 0 Å². The third-order valence-electron chi connectivity index (χ3n) is 6.31. The van der Waals surface area contributed by atoms with Crippen LogP contribution in [-0.2, 0) is 9.59 Å². The molecule has 2 heteroatoms. The van der Waals surface area contributed by atoms with Gasteiger partial charge in [-0.15, -0.1) is 0 Å². The van der Waals surface area contributed by atoms with Crippen LogP contribution in [0.3, 0.4) is 0 Å². The van der Waals surface area contributed by atoms with Crippen molar-refractivity contribution in [3.8, 4) is 0 Å². The minimum atomic E-state index is -0.129. The van der Waals surface area contributed by atoms with E-state index in [1.807, 2.05) is 109 Å². The summed E-state index contributed by atoms with van der Waals surface area (Å²) in [6.45, 7) is 0. The number of hydrogen-bond acceptors (Lipinski definition) is 2. The molecule has 0 saturated carbocycles. The molecule has 0 aromatic heterocycles. The normalized spacial score (nSPS) is 13.0. The zero-order valence-corrected chi connectivity index (χ0v) is 20.2. The SMILES string of the molecule is O=C(C=Cc1ccccc1)CC(c1ccccc1)C(CC(=O)C=Cc1ccccc1)c1ccccc1. The van der Waals surface area contributed by atoms with Gasteiger partial charge in [-0.1, -0.05) is 133 Å². The minimum Gasteiger partial charge on any atom is -0.295 e. The molecule has 0 N–H and O–H groups in total. The van der Waals surface area contributed by atoms with Gasteiger partial charge in [-0.05, 0) is 46.2 Å². The second-order valence-corrected chi connectivity index (χ2v) is 8.86. The van der Waals surface area contributed by atoms with Gasteiger partial charge in [0.1, 0.15) is 0 Å². The smallest absolute Gasteiger partial charge is 0.156 e. The maximum Gasteiger partial charge on any atom is 0.156 e. The number of rotatable bonds is 11. The predicted molar refractivity (Wildman–Crippen MR) is 149 cm³/mol. The van der Waals surface area contributed by atoms with E-state index >= 15 is 0 Å². The number of benzene rings is 4. The lowest BCUT2D eigenvalue weighted by Crippen LogP contribution is -2.18. The van der Waals surface area contributed by atoms with Gasteiger partial charge in [-0.25, -0.2) is 0 Å². The number of carbonyl (C=O) groups is 2. The summed E-state index contributed by atoms with van der Waals surface area (Å²) in [5.41, 5.74) is 4.10. The molecule has 0 aliphatic rings. The quantitative estimate of drug-likeness (QED) is 0.209. The van der Waals surface area contributed by atoms with Gasteiger partial charge >= 0.3 is 0 Å². The molecule has 0 heterocycles. The largest absolute Gasteiger partial charge is 0.295 e. The minimum absolute atomic E-state index is 0.0425. The van der Waals surface area contributed by atoms with Crippen LogP contribution in [0.4, 0.5) is 0 Å². The fourth-order valence-electron chi connectivity index (χ4n) is 4.46. The molecule has 0 bridgehead atoms. The molecule has 0 aliphatic carbocycles. The molecule has 4 aromatic carbocycles. The average molecular weight is 471 g/mol. The molecule has 2 nitrogen and oxygen atoms in total. The first-order valence-electron chi connectivity index (χ1n) is 12.3. The van der Waals surface area contributed by atoms with E-state index in [1.165, 1.54) is 0 Å². The van der Waals surface area contributed by atoms with E-state index in [9.17, 15) is 9.59 Å². The lowest BCUT2D eigenvalue weighted by atomic mass is 9.76. The molecule has 2 unspecified atom stereocenters. The summed E-state index contributed by atoms with van der Waals surface area (Å²) in [5, 5.41) is 0. The molecule has 4 aromatic rings. The molecule has 2 atom stereocenters. The summed E-state index contributed by atoms with van der Waals surface area (Å²) >= 11 is 0. The Kier molecular flexibility index (Phi) is 8.94. The number of carbonyl (C=O) groups excluding carboxylic acids is 2. The van der Waals surface area contributed by atoms with Crippen LogP contribution in [0.25, 0.3) is 12.2 Å². The van der Waals surface area contributed by atoms with Crippen molar-refractivity contribution in [3.05, 3.63) is 156 Å². The van der Waals surface area contributed by atoms with E-state index in [4.69, 9.17) is 0 Å². The van der Waals surface area contributed by atoms with Gasteiger partial charge in [0.2, 0.25) is 0 Å². The molecule has 0 radical (unpaired) electrons. The molecular formula is C34H30O2. The second-order valence-electron chi connectivity index (χ2n) is 8.86. The van der Waals surface area contributed by atoms with Gasteiger partial charge in [0, 0.05) is 12.8 Å². The van der Waals surface area contributed by atoms with Gasteiger partial charge in [0.15, 0.2) is 11.6 Å². The second kappa shape index (κ2) is 13.0. The Morgan fingerprint density at radius 3 is 1.11 bits per heavy atom. The van der Waals surface area contributed by atoms with Crippen molar-refractivity contribution in [3.63, 3.8) is 0 Å². The summed E-state index contributed by atoms with van der Waals surface area (Å²) < 4.78 is 0. The Bertz CT molecular complexity index is 1190. The van der Waals surface area contributed by atoms with E-state index in [0.717, 1.165) is 22.3 Å². The molecule has 4 rings (SSSR count). The van der Waals surface area contributed by atoms with E-state index in [2.05, 4.69) is 24.3 Å². The van der Waals surface area contributed by atoms with Crippen LogP contribution in [0.5, 0.6) is 0 Å². The highest BCUT2D eigenvalue weighted by Crippen LogP contribution is 2.39. The van der Waals surface area contributed by atoms with E-state index in [0.29, 0.717) is 12.8 Å². The molecule has 36 heavy (non-hydrogen) atoms. The van der Waals surface area contributed by atoms with E-state index < -0.39 is 0 Å². The summed E-state index contributed by atoms with van der Waals surface area (Å²) in [5.74, 6) is -0.173. The topological polar surface area (TPSA) is 34.1 Å². The fourth-order valence-corrected chi connectivity index (χ4v) is 4.46. The summed E-state index contributed by atoms with van der Waals surface area (Å²) in [7, 11) is 0. The summed E-state index contributed by atoms with van der Waals surface area (Å²) in [6, 6.07) is 39.8. The third-order valence-corrected chi connectivity index (χ3v) is 6.31. The molecule has 0 aliphatic heterocycles. The van der Waals surface area contributed by atoms with Crippen LogP contribution in [0, 0.1) is 0 Å². The number of allylic oxidation sites excluding steroid dienone is 2. The van der Waals surface area contributed by atoms with Crippen molar-refractivity contribution < 1.29 is 9.59 Å². The zero-order valence-electron chi connectivity index (χ0n) is 20.2. The molecule has 0 fully saturated rings. The van der Waals surface area contributed by atoms with Gasteiger partial charge in [0.25, 0.3) is 0 Å². The zero-order chi connectivity index (χ0) is 25.0. The van der Waals surface area contributed by atoms with Crippen LogP contribution in [-0.4, -0.2) is 11.6 Å². The van der Waals surface area contributed by atoms with Crippen LogP contribution in [0.2, 0.25) is 0 Å². The van der Waals surface area contributed by atoms with Gasteiger partial charge in [-0.3, -0.25) is 9.59 Å².